The molecule has 0 saturated heterocycles. The Morgan fingerprint density at radius 3 is 2.19 bits per heavy atom. The van der Waals surface area contributed by atoms with E-state index in [1.807, 2.05) is 13.8 Å². The molecule has 0 heterocycles. The van der Waals surface area contributed by atoms with Gasteiger partial charge in [-0.25, -0.2) is 0 Å². The van der Waals surface area contributed by atoms with Crippen LogP contribution in [0.1, 0.15) is 46.5 Å². The van der Waals surface area contributed by atoms with Gasteiger partial charge >= 0.3 is 0 Å². The van der Waals surface area contributed by atoms with Gasteiger partial charge in [0.05, 0.1) is 0 Å². The van der Waals surface area contributed by atoms with Crippen molar-refractivity contribution in [1.82, 2.24) is 5.32 Å². The summed E-state index contributed by atoms with van der Waals surface area (Å²) in [5.41, 5.74) is 0. The van der Waals surface area contributed by atoms with Crippen molar-refractivity contribution >= 4 is 18.7 Å². The molecule has 0 saturated carbocycles. The molecule has 16 heavy (non-hydrogen) atoms. The molecule has 0 aromatic carbocycles. The molecule has 0 aliphatic rings. The van der Waals surface area contributed by atoms with E-state index in [4.69, 9.17) is 10.8 Å². The second-order valence-corrected chi connectivity index (χ2v) is 3.55. The van der Waals surface area contributed by atoms with Crippen molar-refractivity contribution in [2.75, 3.05) is 0 Å². The van der Waals surface area contributed by atoms with E-state index in [0.717, 1.165) is 12.8 Å². The third-order valence-electron chi connectivity index (χ3n) is 1.59. The fourth-order valence-corrected chi connectivity index (χ4v) is 0.964. The van der Waals surface area contributed by atoms with Crippen LogP contribution in [0, 0.1) is 10.8 Å². The molecule has 0 aromatic rings. The monoisotopic (exact) mass is 229 g/mol. The van der Waals surface area contributed by atoms with Gasteiger partial charge in [0.25, 0.3) is 0 Å². The first-order valence-corrected chi connectivity index (χ1v) is 5.51. The van der Waals surface area contributed by atoms with Gasteiger partial charge in [-0.2, -0.15) is 0 Å². The molecule has 0 rings (SSSR count). The molecular weight excluding hydrogens is 206 g/mol. The first-order chi connectivity index (χ1) is 7.58. The topological polar surface area (TPSA) is 86.0 Å². The van der Waals surface area contributed by atoms with E-state index >= 15 is 0 Å². The third kappa shape index (κ3) is 18.4. The van der Waals surface area contributed by atoms with Crippen molar-refractivity contribution in [2.24, 2.45) is 0 Å². The quantitative estimate of drug-likeness (QED) is 0.355. The lowest BCUT2D eigenvalue weighted by molar-refractivity contribution is -0.121. The summed E-state index contributed by atoms with van der Waals surface area (Å²) in [5, 5.41) is 15.1. The summed E-state index contributed by atoms with van der Waals surface area (Å²) in [6, 6.07) is 0.282. The molecule has 0 aromatic heterocycles. The van der Waals surface area contributed by atoms with E-state index in [-0.39, 0.29) is 11.9 Å². The van der Waals surface area contributed by atoms with Gasteiger partial charge in [-0.05, 0) is 20.3 Å². The van der Waals surface area contributed by atoms with Crippen LogP contribution >= 0.6 is 0 Å². The normalized spacial score (nSPS) is 8.75. The van der Waals surface area contributed by atoms with Crippen molar-refractivity contribution in [2.45, 2.75) is 52.5 Å². The molecule has 3 N–H and O–H groups in total. The van der Waals surface area contributed by atoms with E-state index in [9.17, 15) is 4.79 Å². The van der Waals surface area contributed by atoms with Gasteiger partial charge in [0.15, 0.2) is 12.8 Å². The van der Waals surface area contributed by atoms with E-state index in [1.165, 1.54) is 6.42 Å². The number of ether oxygens (including phenoxy) is 1. The van der Waals surface area contributed by atoms with Crippen LogP contribution in [0.3, 0.4) is 0 Å². The number of nitrogens with one attached hydrogen (secondary N) is 3. The molecule has 0 aliphatic carbocycles. The number of amides is 1. The number of carbonyl (C=O) groups excluding carboxylic acids is 1. The van der Waals surface area contributed by atoms with Gasteiger partial charge in [-0.3, -0.25) is 15.6 Å². The molecule has 0 bridgehead atoms. The molecule has 0 spiro atoms. The minimum Gasteiger partial charge on any atom is -0.435 e. The van der Waals surface area contributed by atoms with Crippen LogP contribution < -0.4 is 5.32 Å². The van der Waals surface area contributed by atoms with Crippen LogP contribution in [-0.4, -0.2) is 24.8 Å². The van der Waals surface area contributed by atoms with Crippen molar-refractivity contribution in [1.29, 1.82) is 10.8 Å². The number of hydrogen-bond donors (Lipinski definition) is 3. The van der Waals surface area contributed by atoms with Crippen LogP contribution in [0.5, 0.6) is 0 Å². The number of rotatable bonds is 7. The van der Waals surface area contributed by atoms with Crippen molar-refractivity contribution < 1.29 is 9.53 Å². The Labute approximate surface area is 97.6 Å². The van der Waals surface area contributed by atoms with Gasteiger partial charge < -0.3 is 10.1 Å². The zero-order valence-electron chi connectivity index (χ0n) is 10.4. The minimum absolute atomic E-state index is 0.188. The van der Waals surface area contributed by atoms with E-state index in [1.54, 1.807) is 0 Å². The molecule has 0 atom stereocenters. The Bertz CT molecular complexity index is 188. The summed E-state index contributed by atoms with van der Waals surface area (Å²) in [6.07, 6.45) is 5.42. The molecule has 0 fully saturated rings. The average Bonchev–Trinajstić information content (AvgIpc) is 2.19. The third-order valence-corrected chi connectivity index (χ3v) is 1.59. The second kappa shape index (κ2) is 13.6. The Hall–Kier alpha value is -1.39. The molecule has 5 heteroatoms. The van der Waals surface area contributed by atoms with Crippen molar-refractivity contribution in [3.8, 4) is 0 Å². The number of carbonyl (C=O) groups is 1. The van der Waals surface area contributed by atoms with Crippen molar-refractivity contribution in [3.63, 3.8) is 0 Å². The summed E-state index contributed by atoms with van der Waals surface area (Å²) in [5.74, 6) is 0.188. The smallest absolute Gasteiger partial charge is 0.220 e. The van der Waals surface area contributed by atoms with Gasteiger partial charge in [-0.1, -0.05) is 19.8 Å². The molecule has 1 amide bonds. The van der Waals surface area contributed by atoms with Gasteiger partial charge in [0.1, 0.15) is 0 Å². The summed E-state index contributed by atoms with van der Waals surface area (Å²) < 4.78 is 3.92. The highest BCUT2D eigenvalue weighted by Crippen LogP contribution is 1.98. The SMILES string of the molecule is CCCCCC(=O)NC(C)C.N=COC=N. The second-order valence-electron chi connectivity index (χ2n) is 3.55. The lowest BCUT2D eigenvalue weighted by atomic mass is 10.2. The van der Waals surface area contributed by atoms with E-state index in [2.05, 4.69) is 17.0 Å². The fraction of sp³-hybridized carbons (Fsp3) is 0.727. The predicted octanol–water partition coefficient (Wildman–Crippen LogP) is 2.31. The summed E-state index contributed by atoms with van der Waals surface area (Å²) in [4.78, 5) is 11.0. The Morgan fingerprint density at radius 2 is 1.88 bits per heavy atom. The van der Waals surface area contributed by atoms with Gasteiger partial charge in [0, 0.05) is 12.5 Å². The minimum atomic E-state index is 0.188. The predicted molar refractivity (Wildman–Crippen MR) is 66.1 cm³/mol. The summed E-state index contributed by atoms with van der Waals surface area (Å²) in [7, 11) is 0. The highest BCUT2D eigenvalue weighted by atomic mass is 16.5. The zero-order valence-corrected chi connectivity index (χ0v) is 10.4. The highest BCUT2D eigenvalue weighted by molar-refractivity contribution is 5.76. The molecular formula is C11H23N3O2. The maximum atomic E-state index is 11.0. The largest absolute Gasteiger partial charge is 0.435 e. The summed E-state index contributed by atoms with van der Waals surface area (Å²) in [6.45, 7) is 6.11. The lowest BCUT2D eigenvalue weighted by Gasteiger charge is -2.07. The van der Waals surface area contributed by atoms with Gasteiger partial charge in [0.2, 0.25) is 5.91 Å². The standard InChI is InChI=1S/C9H19NO.C2H4N2O/c1-4-5-6-7-9(11)10-8(2)3;3-1-5-2-4/h8H,4-7H2,1-3H3,(H,10,11);1-4H. The Balaban J connectivity index is 0. The average molecular weight is 229 g/mol. The maximum absolute atomic E-state index is 11.0. The lowest BCUT2D eigenvalue weighted by Crippen LogP contribution is -2.29. The van der Waals surface area contributed by atoms with Crippen LogP contribution in [0.15, 0.2) is 0 Å². The van der Waals surface area contributed by atoms with Crippen molar-refractivity contribution in [3.05, 3.63) is 0 Å². The Morgan fingerprint density at radius 1 is 1.31 bits per heavy atom. The molecule has 94 valence electrons. The molecule has 5 nitrogen and oxygen atoms in total. The van der Waals surface area contributed by atoms with Crippen LogP contribution in [0.2, 0.25) is 0 Å². The fourth-order valence-electron chi connectivity index (χ4n) is 0.964. The first-order valence-electron chi connectivity index (χ1n) is 5.51. The maximum Gasteiger partial charge on any atom is 0.220 e. The zero-order chi connectivity index (χ0) is 12.8. The van der Waals surface area contributed by atoms with Gasteiger partial charge in [-0.15, -0.1) is 0 Å². The van der Waals surface area contributed by atoms with E-state index < -0.39 is 0 Å². The molecule has 0 radical (unpaired) electrons. The van der Waals surface area contributed by atoms with E-state index in [0.29, 0.717) is 19.2 Å². The highest BCUT2D eigenvalue weighted by Gasteiger charge is 2.00. The van der Waals surface area contributed by atoms with Crippen LogP contribution in [0.25, 0.3) is 0 Å². The van der Waals surface area contributed by atoms with Crippen LogP contribution in [-0.2, 0) is 9.53 Å². The number of unbranched alkanes of at least 4 members (excludes halogenated alkanes) is 2. The summed E-state index contributed by atoms with van der Waals surface area (Å²) >= 11 is 0. The van der Waals surface area contributed by atoms with Crippen LogP contribution in [0.4, 0.5) is 0 Å². The Kier molecular flexibility index (Phi) is 14.5. The molecule has 0 aliphatic heterocycles. The first kappa shape index (κ1) is 17.0. The number of hydrogen-bond acceptors (Lipinski definition) is 4. The molecule has 0 unspecified atom stereocenters.